The number of carbonyl (C=O) groups excluding carboxylic acids is 2. The molecule has 162 valence electrons. The van der Waals surface area contributed by atoms with Gasteiger partial charge < -0.3 is 9.64 Å². The third kappa shape index (κ3) is 5.03. The van der Waals surface area contributed by atoms with Crippen LogP contribution in [0.1, 0.15) is 29.3 Å². The van der Waals surface area contributed by atoms with E-state index in [0.717, 1.165) is 11.8 Å². The third-order valence-corrected chi connectivity index (χ3v) is 6.24. The molecule has 0 bridgehead atoms. The number of esters is 1. The lowest BCUT2D eigenvalue weighted by Crippen LogP contribution is -2.35. The van der Waals surface area contributed by atoms with Crippen molar-refractivity contribution in [1.29, 1.82) is 5.26 Å². The predicted octanol–water partition coefficient (Wildman–Crippen LogP) is 2.50. The molecular weight excluding hydrogens is 418 g/mol. The number of hydrogen-bond acceptors (Lipinski definition) is 6. The zero-order valence-corrected chi connectivity index (χ0v) is 18.1. The number of carbonyl (C=O) groups is 2. The Kier molecular flexibility index (Phi) is 6.61. The molecule has 0 saturated carbocycles. The minimum atomic E-state index is -3.42. The van der Waals surface area contributed by atoms with Gasteiger partial charge in [-0.1, -0.05) is 18.2 Å². The number of nitriles is 1. The van der Waals surface area contributed by atoms with Crippen molar-refractivity contribution in [3.63, 3.8) is 0 Å². The van der Waals surface area contributed by atoms with E-state index in [-0.39, 0.29) is 24.6 Å². The molecule has 0 radical (unpaired) electrons. The zero-order chi connectivity index (χ0) is 22.6. The van der Waals surface area contributed by atoms with E-state index in [1.807, 2.05) is 12.1 Å². The number of hydrogen-bond donors (Lipinski definition) is 0. The van der Waals surface area contributed by atoms with Gasteiger partial charge >= 0.3 is 5.97 Å². The Morgan fingerprint density at radius 1 is 1.23 bits per heavy atom. The van der Waals surface area contributed by atoms with Gasteiger partial charge in [-0.2, -0.15) is 5.26 Å². The fourth-order valence-electron chi connectivity index (χ4n) is 3.69. The van der Waals surface area contributed by atoms with E-state index in [4.69, 9.17) is 10.00 Å². The number of anilines is 2. The highest BCUT2D eigenvalue weighted by molar-refractivity contribution is 7.92. The first kappa shape index (κ1) is 22.3. The molecule has 0 aromatic heterocycles. The summed E-state index contributed by atoms with van der Waals surface area (Å²) in [5.41, 5.74) is 2.15. The van der Waals surface area contributed by atoms with Crippen molar-refractivity contribution >= 4 is 33.3 Å². The van der Waals surface area contributed by atoms with Crippen molar-refractivity contribution in [2.45, 2.75) is 25.8 Å². The SMILES string of the molecule is CC1Cc2cc(C(=O)OCC(=O)N(CCC#N)c3ccccc3)ccc2N1S(C)(=O)=O. The average molecular weight is 442 g/mol. The van der Waals surface area contributed by atoms with Gasteiger partial charge in [0, 0.05) is 18.3 Å². The number of para-hydroxylation sites is 1. The van der Waals surface area contributed by atoms with Crippen LogP contribution in [0, 0.1) is 11.3 Å². The number of benzene rings is 2. The summed E-state index contributed by atoms with van der Waals surface area (Å²) in [7, 11) is -3.42. The Bertz CT molecular complexity index is 1130. The summed E-state index contributed by atoms with van der Waals surface area (Å²) in [4.78, 5) is 26.5. The average Bonchev–Trinajstić information content (AvgIpc) is 3.08. The van der Waals surface area contributed by atoms with Crippen LogP contribution >= 0.6 is 0 Å². The molecule has 1 atom stereocenters. The number of nitrogens with zero attached hydrogens (tertiary/aromatic N) is 3. The van der Waals surface area contributed by atoms with Gasteiger partial charge in [0.2, 0.25) is 10.0 Å². The molecule has 1 aliphatic heterocycles. The van der Waals surface area contributed by atoms with E-state index >= 15 is 0 Å². The topological polar surface area (TPSA) is 108 Å². The fraction of sp³-hybridized carbons (Fsp3) is 0.318. The molecule has 0 aliphatic carbocycles. The first-order valence-electron chi connectivity index (χ1n) is 9.74. The predicted molar refractivity (Wildman–Crippen MR) is 116 cm³/mol. The van der Waals surface area contributed by atoms with Crippen LogP contribution in [0.5, 0.6) is 0 Å². The van der Waals surface area contributed by atoms with Crippen LogP contribution in [-0.4, -0.2) is 45.7 Å². The van der Waals surface area contributed by atoms with E-state index < -0.39 is 28.5 Å². The second kappa shape index (κ2) is 9.18. The van der Waals surface area contributed by atoms with Crippen molar-refractivity contribution in [3.05, 3.63) is 59.7 Å². The maximum absolute atomic E-state index is 12.6. The molecule has 8 nitrogen and oxygen atoms in total. The molecule has 2 aromatic carbocycles. The Hall–Kier alpha value is -3.38. The van der Waals surface area contributed by atoms with Crippen LogP contribution < -0.4 is 9.21 Å². The maximum Gasteiger partial charge on any atom is 0.338 e. The van der Waals surface area contributed by atoms with Crippen LogP contribution in [0.25, 0.3) is 0 Å². The van der Waals surface area contributed by atoms with Crippen molar-refractivity contribution in [2.75, 3.05) is 28.6 Å². The Labute approximate surface area is 181 Å². The highest BCUT2D eigenvalue weighted by Crippen LogP contribution is 2.34. The van der Waals surface area contributed by atoms with Crippen LogP contribution in [0.2, 0.25) is 0 Å². The molecule has 1 amide bonds. The van der Waals surface area contributed by atoms with Gasteiger partial charge in [-0.15, -0.1) is 0 Å². The first-order chi connectivity index (χ1) is 14.7. The largest absolute Gasteiger partial charge is 0.452 e. The van der Waals surface area contributed by atoms with E-state index in [0.29, 0.717) is 17.8 Å². The molecule has 1 unspecified atom stereocenters. The van der Waals surface area contributed by atoms with Crippen LogP contribution in [0.15, 0.2) is 48.5 Å². The highest BCUT2D eigenvalue weighted by Gasteiger charge is 2.33. The normalized spacial score (nSPS) is 15.1. The quantitative estimate of drug-likeness (QED) is 0.611. The summed E-state index contributed by atoms with van der Waals surface area (Å²) in [6.07, 6.45) is 1.78. The van der Waals surface area contributed by atoms with Gasteiger partial charge in [-0.3, -0.25) is 9.10 Å². The molecule has 0 fully saturated rings. The Balaban J connectivity index is 1.70. The Morgan fingerprint density at radius 2 is 1.94 bits per heavy atom. The first-order valence-corrected chi connectivity index (χ1v) is 11.6. The van der Waals surface area contributed by atoms with Crippen LogP contribution in [0.4, 0.5) is 11.4 Å². The molecular formula is C22H23N3O5S. The summed E-state index contributed by atoms with van der Waals surface area (Å²) in [6.45, 7) is 1.52. The molecule has 0 saturated heterocycles. The van der Waals surface area contributed by atoms with Gasteiger partial charge in [-0.05, 0) is 49.2 Å². The van der Waals surface area contributed by atoms with Gasteiger partial charge in [0.1, 0.15) is 0 Å². The molecule has 1 aliphatic rings. The minimum absolute atomic E-state index is 0.147. The molecule has 2 aromatic rings. The Morgan fingerprint density at radius 3 is 2.58 bits per heavy atom. The number of ether oxygens (including phenoxy) is 1. The van der Waals surface area contributed by atoms with Crippen molar-refractivity contribution in [2.24, 2.45) is 0 Å². The molecule has 1 heterocycles. The van der Waals surface area contributed by atoms with Crippen molar-refractivity contribution in [3.8, 4) is 6.07 Å². The lowest BCUT2D eigenvalue weighted by molar-refractivity contribution is -0.121. The van der Waals surface area contributed by atoms with Gasteiger partial charge in [0.15, 0.2) is 6.61 Å². The number of fused-ring (bicyclic) bond motifs is 1. The third-order valence-electron chi connectivity index (χ3n) is 4.97. The van der Waals surface area contributed by atoms with Crippen molar-refractivity contribution < 1.29 is 22.7 Å². The van der Waals surface area contributed by atoms with Crippen LogP contribution in [-0.2, 0) is 26.0 Å². The van der Waals surface area contributed by atoms with E-state index in [1.165, 1.54) is 15.3 Å². The standard InChI is InChI=1S/C22H23N3O5S/c1-16-13-18-14-17(9-10-20(18)25(16)31(2,28)29)22(27)30-15-21(26)24(12-6-11-23)19-7-4-3-5-8-19/h3-5,7-10,14,16H,6,12-13,15H2,1-2H3. The van der Waals surface area contributed by atoms with Crippen LogP contribution in [0.3, 0.4) is 0 Å². The zero-order valence-electron chi connectivity index (χ0n) is 17.3. The molecule has 0 spiro atoms. The van der Waals surface area contributed by atoms with Gasteiger partial charge in [0.05, 0.1) is 30.0 Å². The number of sulfonamides is 1. The summed E-state index contributed by atoms with van der Waals surface area (Å²) >= 11 is 0. The second-order valence-corrected chi connectivity index (χ2v) is 9.18. The van der Waals surface area contributed by atoms with E-state index in [1.54, 1.807) is 43.3 Å². The lowest BCUT2D eigenvalue weighted by atomic mass is 10.1. The smallest absolute Gasteiger partial charge is 0.338 e. The molecule has 3 rings (SSSR count). The number of amides is 1. The molecule has 31 heavy (non-hydrogen) atoms. The van der Waals surface area contributed by atoms with Gasteiger partial charge in [0.25, 0.3) is 5.91 Å². The summed E-state index contributed by atoms with van der Waals surface area (Å²) in [5.74, 6) is -1.11. The van der Waals surface area contributed by atoms with Crippen molar-refractivity contribution in [1.82, 2.24) is 0 Å². The van der Waals surface area contributed by atoms with E-state index in [9.17, 15) is 18.0 Å². The molecule has 0 N–H and O–H groups in total. The minimum Gasteiger partial charge on any atom is -0.452 e. The summed E-state index contributed by atoms with van der Waals surface area (Å²) < 4.78 is 30.6. The maximum atomic E-state index is 12.6. The van der Waals surface area contributed by atoms with E-state index in [2.05, 4.69) is 0 Å². The highest BCUT2D eigenvalue weighted by atomic mass is 32.2. The second-order valence-electron chi connectivity index (χ2n) is 7.32. The summed E-state index contributed by atoms with van der Waals surface area (Å²) in [6, 6.07) is 15.3. The monoisotopic (exact) mass is 441 g/mol. The number of rotatable bonds is 7. The fourth-order valence-corrected chi connectivity index (χ4v) is 4.95. The lowest BCUT2D eigenvalue weighted by Gasteiger charge is -2.22. The van der Waals surface area contributed by atoms with Gasteiger partial charge in [-0.25, -0.2) is 13.2 Å². The molecule has 9 heteroatoms. The summed E-state index contributed by atoms with van der Waals surface area (Å²) in [5, 5.41) is 8.86.